The van der Waals surface area contributed by atoms with E-state index in [2.05, 4.69) is 21.2 Å². The highest BCUT2D eigenvalue weighted by atomic mass is 79.9. The molecular formula is C13H18BrNO2. The molecule has 2 N–H and O–H groups in total. The molecule has 0 saturated carbocycles. The Hall–Kier alpha value is -0.870. The van der Waals surface area contributed by atoms with Crippen LogP contribution >= 0.6 is 15.9 Å². The summed E-state index contributed by atoms with van der Waals surface area (Å²) in [6.45, 7) is 5.71. The van der Waals surface area contributed by atoms with Crippen molar-refractivity contribution in [3.8, 4) is 0 Å². The van der Waals surface area contributed by atoms with Crippen LogP contribution in [0.15, 0.2) is 28.7 Å². The number of carboxylic acid groups (broad SMARTS) is 1. The number of halogens is 1. The van der Waals surface area contributed by atoms with E-state index in [9.17, 15) is 9.90 Å². The van der Waals surface area contributed by atoms with E-state index in [4.69, 9.17) is 0 Å². The van der Waals surface area contributed by atoms with Gasteiger partial charge in [0.05, 0.1) is 0 Å². The minimum absolute atomic E-state index is 0.153. The molecule has 1 rings (SSSR count). The Morgan fingerprint density at radius 2 is 2.00 bits per heavy atom. The summed E-state index contributed by atoms with van der Waals surface area (Å²) in [6, 6.07) is 7.52. The summed E-state index contributed by atoms with van der Waals surface area (Å²) >= 11 is 3.35. The predicted molar refractivity (Wildman–Crippen MR) is 72.0 cm³/mol. The van der Waals surface area contributed by atoms with E-state index in [1.165, 1.54) is 0 Å². The van der Waals surface area contributed by atoms with Gasteiger partial charge in [-0.05, 0) is 38.0 Å². The van der Waals surface area contributed by atoms with Crippen molar-refractivity contribution >= 4 is 21.9 Å². The lowest BCUT2D eigenvalue weighted by atomic mass is 9.91. The minimum Gasteiger partial charge on any atom is -0.480 e. The maximum absolute atomic E-state index is 11.5. The van der Waals surface area contributed by atoms with Crippen molar-refractivity contribution in [2.45, 2.75) is 38.8 Å². The first-order chi connectivity index (χ1) is 7.90. The van der Waals surface area contributed by atoms with Gasteiger partial charge in [-0.2, -0.15) is 0 Å². The fourth-order valence-electron chi connectivity index (χ4n) is 1.65. The zero-order valence-corrected chi connectivity index (χ0v) is 11.9. The third kappa shape index (κ3) is 3.30. The first-order valence-corrected chi connectivity index (χ1v) is 6.46. The highest BCUT2D eigenvalue weighted by Gasteiger charge is 2.35. The van der Waals surface area contributed by atoms with E-state index in [0.717, 1.165) is 16.5 Å². The van der Waals surface area contributed by atoms with Gasteiger partial charge in [-0.3, -0.25) is 5.32 Å². The monoisotopic (exact) mass is 299 g/mol. The molecule has 2 unspecified atom stereocenters. The second kappa shape index (κ2) is 5.65. The van der Waals surface area contributed by atoms with Crippen molar-refractivity contribution in [2.75, 3.05) is 0 Å². The largest absolute Gasteiger partial charge is 0.480 e. The Labute approximate surface area is 110 Å². The van der Waals surface area contributed by atoms with E-state index < -0.39 is 11.5 Å². The molecular weight excluding hydrogens is 282 g/mol. The molecule has 17 heavy (non-hydrogen) atoms. The summed E-state index contributed by atoms with van der Waals surface area (Å²) in [4.78, 5) is 11.5. The molecule has 0 heterocycles. The van der Waals surface area contributed by atoms with Crippen LogP contribution in [0.25, 0.3) is 0 Å². The van der Waals surface area contributed by atoms with Gasteiger partial charge in [-0.25, -0.2) is 4.79 Å². The second-order valence-corrected chi connectivity index (χ2v) is 5.31. The molecule has 0 saturated heterocycles. The van der Waals surface area contributed by atoms with Crippen molar-refractivity contribution in [1.82, 2.24) is 5.32 Å². The van der Waals surface area contributed by atoms with E-state index >= 15 is 0 Å². The fourth-order valence-corrected chi connectivity index (χ4v) is 1.91. The zero-order chi connectivity index (χ0) is 13.1. The molecule has 0 aliphatic heterocycles. The highest BCUT2D eigenvalue weighted by molar-refractivity contribution is 9.10. The van der Waals surface area contributed by atoms with Gasteiger partial charge < -0.3 is 5.11 Å². The Kier molecular flexibility index (Phi) is 4.71. The Morgan fingerprint density at radius 3 is 2.41 bits per heavy atom. The van der Waals surface area contributed by atoms with Gasteiger partial charge in [-0.15, -0.1) is 0 Å². The topological polar surface area (TPSA) is 49.3 Å². The quantitative estimate of drug-likeness (QED) is 0.878. The number of hydrogen-bond acceptors (Lipinski definition) is 2. The third-order valence-electron chi connectivity index (χ3n) is 3.00. The third-order valence-corrected chi connectivity index (χ3v) is 3.53. The SMILES string of the molecule is CCC(C)NC(C)(C(=O)O)c1ccc(Br)cc1. The van der Waals surface area contributed by atoms with Crippen LogP contribution < -0.4 is 5.32 Å². The van der Waals surface area contributed by atoms with E-state index in [1.807, 2.05) is 38.1 Å². The van der Waals surface area contributed by atoms with Gasteiger partial charge in [0, 0.05) is 10.5 Å². The molecule has 0 aliphatic carbocycles. The van der Waals surface area contributed by atoms with E-state index in [1.54, 1.807) is 6.92 Å². The van der Waals surface area contributed by atoms with Crippen molar-refractivity contribution < 1.29 is 9.90 Å². The molecule has 0 spiro atoms. The number of benzene rings is 1. The first kappa shape index (κ1) is 14.2. The molecule has 0 aromatic heterocycles. The van der Waals surface area contributed by atoms with Crippen LogP contribution in [0.2, 0.25) is 0 Å². The minimum atomic E-state index is -1.05. The number of aliphatic carboxylic acids is 1. The van der Waals surface area contributed by atoms with Gasteiger partial charge >= 0.3 is 5.97 Å². The molecule has 4 heteroatoms. The van der Waals surface area contributed by atoms with Crippen molar-refractivity contribution in [3.05, 3.63) is 34.3 Å². The van der Waals surface area contributed by atoms with Gasteiger partial charge in [0.2, 0.25) is 0 Å². The summed E-state index contributed by atoms with van der Waals surface area (Å²) in [6.07, 6.45) is 0.888. The number of nitrogens with one attached hydrogen (secondary N) is 1. The number of hydrogen-bond donors (Lipinski definition) is 2. The summed E-state index contributed by atoms with van der Waals surface area (Å²) in [5.74, 6) is -0.861. The molecule has 0 radical (unpaired) electrons. The zero-order valence-electron chi connectivity index (χ0n) is 10.3. The van der Waals surface area contributed by atoms with Gasteiger partial charge in [-0.1, -0.05) is 35.0 Å². The number of carbonyl (C=O) groups is 1. The molecule has 1 aromatic rings. The normalized spacial score (nSPS) is 16.2. The summed E-state index contributed by atoms with van der Waals surface area (Å²) < 4.78 is 0.942. The summed E-state index contributed by atoms with van der Waals surface area (Å²) in [5, 5.41) is 12.6. The molecule has 0 aliphatic rings. The van der Waals surface area contributed by atoms with Crippen molar-refractivity contribution in [3.63, 3.8) is 0 Å². The van der Waals surface area contributed by atoms with Crippen molar-refractivity contribution in [1.29, 1.82) is 0 Å². The van der Waals surface area contributed by atoms with Crippen LogP contribution in [0, 0.1) is 0 Å². The smallest absolute Gasteiger partial charge is 0.328 e. The second-order valence-electron chi connectivity index (χ2n) is 4.39. The molecule has 2 atom stereocenters. The van der Waals surface area contributed by atoms with Crippen LogP contribution in [0.1, 0.15) is 32.8 Å². The lowest BCUT2D eigenvalue weighted by Crippen LogP contribution is -2.50. The molecule has 94 valence electrons. The van der Waals surface area contributed by atoms with E-state index in [0.29, 0.717) is 0 Å². The van der Waals surface area contributed by atoms with Crippen LogP contribution in [-0.4, -0.2) is 17.1 Å². The standard InChI is InChI=1S/C13H18BrNO2/c1-4-9(2)15-13(3,12(16)17)10-5-7-11(14)8-6-10/h5-9,15H,4H2,1-3H3,(H,16,17). The van der Waals surface area contributed by atoms with Crippen LogP contribution in [0.5, 0.6) is 0 Å². The fraction of sp³-hybridized carbons (Fsp3) is 0.462. The van der Waals surface area contributed by atoms with Crippen LogP contribution in [0.4, 0.5) is 0 Å². The van der Waals surface area contributed by atoms with E-state index in [-0.39, 0.29) is 6.04 Å². The molecule has 0 fully saturated rings. The molecule has 0 amide bonds. The summed E-state index contributed by atoms with van der Waals surface area (Å²) in [7, 11) is 0. The van der Waals surface area contributed by atoms with Gasteiger partial charge in [0.25, 0.3) is 0 Å². The van der Waals surface area contributed by atoms with Gasteiger partial charge in [0.15, 0.2) is 0 Å². The first-order valence-electron chi connectivity index (χ1n) is 5.67. The van der Waals surface area contributed by atoms with Crippen molar-refractivity contribution in [2.24, 2.45) is 0 Å². The Bertz CT molecular complexity index is 391. The number of rotatable bonds is 5. The average Bonchev–Trinajstić information content (AvgIpc) is 2.29. The lowest BCUT2D eigenvalue weighted by Gasteiger charge is -2.30. The van der Waals surface area contributed by atoms with Crippen LogP contribution in [-0.2, 0) is 10.3 Å². The Balaban J connectivity index is 3.07. The maximum atomic E-state index is 11.5. The lowest BCUT2D eigenvalue weighted by molar-refractivity contribution is -0.145. The Morgan fingerprint density at radius 1 is 1.47 bits per heavy atom. The van der Waals surface area contributed by atoms with Crippen LogP contribution in [0.3, 0.4) is 0 Å². The number of carboxylic acids is 1. The summed E-state index contributed by atoms with van der Waals surface area (Å²) in [5.41, 5.74) is -0.288. The molecule has 0 bridgehead atoms. The van der Waals surface area contributed by atoms with Gasteiger partial charge in [0.1, 0.15) is 5.54 Å². The predicted octanol–water partition coefficient (Wildman–Crippen LogP) is 3.14. The average molecular weight is 300 g/mol. The maximum Gasteiger partial charge on any atom is 0.328 e. The molecule has 1 aromatic carbocycles. The highest BCUT2D eigenvalue weighted by Crippen LogP contribution is 2.24. The molecule has 3 nitrogen and oxygen atoms in total.